The highest BCUT2D eigenvalue weighted by Crippen LogP contribution is 2.15. The summed E-state index contributed by atoms with van der Waals surface area (Å²) in [6, 6.07) is -0.656. The molecule has 0 saturated carbocycles. The van der Waals surface area contributed by atoms with Gasteiger partial charge < -0.3 is 5.32 Å². The summed E-state index contributed by atoms with van der Waals surface area (Å²) in [4.78, 5) is 33.8. The van der Waals surface area contributed by atoms with Crippen molar-refractivity contribution in [2.75, 3.05) is 0 Å². The van der Waals surface area contributed by atoms with Crippen LogP contribution in [-0.4, -0.2) is 24.0 Å². The summed E-state index contributed by atoms with van der Waals surface area (Å²) in [6.45, 7) is 5.92. The molecule has 0 aliphatic rings. The van der Waals surface area contributed by atoms with Crippen LogP contribution in [0.3, 0.4) is 0 Å². The molecule has 0 rings (SSSR count). The van der Waals surface area contributed by atoms with Crippen LogP contribution in [0.1, 0.15) is 59.3 Å². The van der Waals surface area contributed by atoms with Crippen LogP contribution >= 0.6 is 0 Å². The first-order valence-corrected chi connectivity index (χ1v) is 6.89. The van der Waals surface area contributed by atoms with Gasteiger partial charge in [0.05, 0.1) is 6.04 Å². The van der Waals surface area contributed by atoms with Crippen molar-refractivity contribution < 1.29 is 14.4 Å². The number of carbonyl (C=O) groups is 3. The molecule has 0 aromatic heterocycles. The van der Waals surface area contributed by atoms with Crippen LogP contribution in [0.15, 0.2) is 0 Å². The standard InChI is InChI=1S/C14H25NO3/c1-4-7-9-11(8-5-2)14(18)15-12(6-3)13(17)10-16/h10-12H,4-9H2,1-3H3,(H,15,18). The summed E-state index contributed by atoms with van der Waals surface area (Å²) >= 11 is 0. The minimum absolute atomic E-state index is 0.0385. The third-order valence-electron chi connectivity index (χ3n) is 3.10. The zero-order valence-corrected chi connectivity index (χ0v) is 11.7. The summed E-state index contributed by atoms with van der Waals surface area (Å²) in [7, 11) is 0. The average Bonchev–Trinajstić information content (AvgIpc) is 2.39. The molecular weight excluding hydrogens is 230 g/mol. The summed E-state index contributed by atoms with van der Waals surface area (Å²) in [5.41, 5.74) is 0. The van der Waals surface area contributed by atoms with Gasteiger partial charge in [0.15, 0.2) is 6.29 Å². The molecule has 4 heteroatoms. The van der Waals surface area contributed by atoms with E-state index < -0.39 is 11.8 Å². The Morgan fingerprint density at radius 3 is 2.22 bits per heavy atom. The van der Waals surface area contributed by atoms with E-state index in [4.69, 9.17) is 0 Å². The normalized spacial score (nSPS) is 13.7. The SMILES string of the molecule is CCCCC(CCC)C(=O)NC(CC)C(=O)C=O. The van der Waals surface area contributed by atoms with Crippen molar-refractivity contribution in [2.24, 2.45) is 5.92 Å². The molecule has 4 nitrogen and oxygen atoms in total. The van der Waals surface area contributed by atoms with Gasteiger partial charge in [0.1, 0.15) is 0 Å². The molecule has 0 radical (unpaired) electrons. The molecule has 0 spiro atoms. The van der Waals surface area contributed by atoms with Gasteiger partial charge in [-0.25, -0.2) is 0 Å². The molecule has 2 unspecified atom stereocenters. The number of aldehydes is 1. The van der Waals surface area contributed by atoms with Crippen molar-refractivity contribution in [1.82, 2.24) is 5.32 Å². The summed E-state index contributed by atoms with van der Waals surface area (Å²) < 4.78 is 0. The Hall–Kier alpha value is -1.19. The van der Waals surface area contributed by atoms with E-state index in [-0.39, 0.29) is 18.1 Å². The highest BCUT2D eigenvalue weighted by molar-refractivity contribution is 6.27. The van der Waals surface area contributed by atoms with Crippen LogP contribution in [0.5, 0.6) is 0 Å². The second-order valence-corrected chi connectivity index (χ2v) is 4.62. The molecular formula is C14H25NO3. The quantitative estimate of drug-likeness (QED) is 0.481. The monoisotopic (exact) mass is 255 g/mol. The topological polar surface area (TPSA) is 63.2 Å². The Balaban J connectivity index is 4.46. The molecule has 104 valence electrons. The first kappa shape index (κ1) is 16.8. The smallest absolute Gasteiger partial charge is 0.223 e. The fraction of sp³-hybridized carbons (Fsp3) is 0.786. The average molecular weight is 255 g/mol. The molecule has 0 aromatic rings. The van der Waals surface area contributed by atoms with Crippen molar-refractivity contribution in [3.05, 3.63) is 0 Å². The van der Waals surface area contributed by atoms with Crippen LogP contribution in [0, 0.1) is 5.92 Å². The van der Waals surface area contributed by atoms with Gasteiger partial charge in [0.2, 0.25) is 11.7 Å². The van der Waals surface area contributed by atoms with Crippen molar-refractivity contribution in [2.45, 2.75) is 65.3 Å². The lowest BCUT2D eigenvalue weighted by atomic mass is 9.95. The van der Waals surface area contributed by atoms with E-state index in [0.717, 1.165) is 32.1 Å². The van der Waals surface area contributed by atoms with Gasteiger partial charge in [-0.1, -0.05) is 40.0 Å². The Kier molecular flexibility index (Phi) is 9.15. The van der Waals surface area contributed by atoms with Gasteiger partial charge in [-0.05, 0) is 19.3 Å². The van der Waals surface area contributed by atoms with Crippen molar-refractivity contribution in [1.29, 1.82) is 0 Å². The van der Waals surface area contributed by atoms with Gasteiger partial charge in [-0.3, -0.25) is 14.4 Å². The first-order chi connectivity index (χ1) is 8.60. The summed E-state index contributed by atoms with van der Waals surface area (Å²) in [6.07, 6.45) is 5.43. The molecule has 0 saturated heterocycles. The molecule has 2 atom stereocenters. The number of Topliss-reactive ketones (excluding diaryl/α,β-unsaturated/α-hetero) is 1. The lowest BCUT2D eigenvalue weighted by Crippen LogP contribution is -2.43. The fourth-order valence-corrected chi connectivity index (χ4v) is 1.95. The molecule has 0 heterocycles. The van der Waals surface area contributed by atoms with E-state index in [1.165, 1.54) is 0 Å². The number of unbranched alkanes of at least 4 members (excludes halogenated alkanes) is 1. The second-order valence-electron chi connectivity index (χ2n) is 4.62. The largest absolute Gasteiger partial charge is 0.346 e. The van der Waals surface area contributed by atoms with E-state index in [0.29, 0.717) is 6.42 Å². The third-order valence-corrected chi connectivity index (χ3v) is 3.10. The Labute approximate surface area is 110 Å². The van der Waals surface area contributed by atoms with E-state index >= 15 is 0 Å². The molecule has 18 heavy (non-hydrogen) atoms. The van der Waals surface area contributed by atoms with Crippen molar-refractivity contribution >= 4 is 18.0 Å². The highest BCUT2D eigenvalue weighted by atomic mass is 16.2. The summed E-state index contributed by atoms with van der Waals surface area (Å²) in [5.74, 6) is -0.674. The van der Waals surface area contributed by atoms with Crippen LogP contribution < -0.4 is 5.32 Å². The highest BCUT2D eigenvalue weighted by Gasteiger charge is 2.23. The molecule has 0 aliphatic carbocycles. The van der Waals surface area contributed by atoms with E-state index in [9.17, 15) is 14.4 Å². The van der Waals surface area contributed by atoms with E-state index in [1.54, 1.807) is 6.92 Å². The minimum Gasteiger partial charge on any atom is -0.346 e. The third kappa shape index (κ3) is 5.94. The van der Waals surface area contributed by atoms with Crippen LogP contribution in [0.2, 0.25) is 0 Å². The van der Waals surface area contributed by atoms with Gasteiger partial charge in [-0.2, -0.15) is 0 Å². The molecule has 1 amide bonds. The molecule has 0 bridgehead atoms. The zero-order valence-electron chi connectivity index (χ0n) is 11.7. The number of amides is 1. The number of hydrogen-bond donors (Lipinski definition) is 1. The van der Waals surface area contributed by atoms with Crippen LogP contribution in [0.4, 0.5) is 0 Å². The number of rotatable bonds is 10. The maximum Gasteiger partial charge on any atom is 0.223 e. The number of nitrogens with one attached hydrogen (secondary N) is 1. The van der Waals surface area contributed by atoms with Gasteiger partial charge >= 0.3 is 0 Å². The predicted molar refractivity (Wildman–Crippen MR) is 71.2 cm³/mol. The Morgan fingerprint density at radius 2 is 1.78 bits per heavy atom. The lowest BCUT2D eigenvalue weighted by Gasteiger charge is -2.19. The van der Waals surface area contributed by atoms with Crippen molar-refractivity contribution in [3.63, 3.8) is 0 Å². The van der Waals surface area contributed by atoms with Crippen LogP contribution in [-0.2, 0) is 14.4 Å². The van der Waals surface area contributed by atoms with Gasteiger partial charge in [0.25, 0.3) is 0 Å². The molecule has 1 N–H and O–H groups in total. The molecule has 0 aromatic carbocycles. The number of ketones is 1. The number of hydrogen-bond acceptors (Lipinski definition) is 3. The zero-order chi connectivity index (χ0) is 14.0. The van der Waals surface area contributed by atoms with Gasteiger partial charge in [0, 0.05) is 5.92 Å². The van der Waals surface area contributed by atoms with E-state index in [2.05, 4.69) is 12.2 Å². The first-order valence-electron chi connectivity index (χ1n) is 6.89. The minimum atomic E-state index is -0.656. The van der Waals surface area contributed by atoms with E-state index in [1.807, 2.05) is 6.92 Å². The fourth-order valence-electron chi connectivity index (χ4n) is 1.95. The lowest BCUT2D eigenvalue weighted by molar-refractivity contribution is -0.134. The second kappa shape index (κ2) is 9.80. The Morgan fingerprint density at radius 1 is 1.11 bits per heavy atom. The molecule has 0 fully saturated rings. The van der Waals surface area contributed by atoms with Gasteiger partial charge in [-0.15, -0.1) is 0 Å². The van der Waals surface area contributed by atoms with Crippen molar-refractivity contribution in [3.8, 4) is 0 Å². The maximum absolute atomic E-state index is 12.0. The Bertz CT molecular complexity index is 276. The summed E-state index contributed by atoms with van der Waals surface area (Å²) in [5, 5.41) is 2.69. The number of carbonyl (C=O) groups excluding carboxylic acids is 3. The van der Waals surface area contributed by atoms with Crippen LogP contribution in [0.25, 0.3) is 0 Å². The predicted octanol–water partition coefficient (Wildman–Crippen LogP) is 2.26. The molecule has 0 aliphatic heterocycles. The maximum atomic E-state index is 12.0.